The van der Waals surface area contributed by atoms with Gasteiger partial charge in [-0.2, -0.15) is 5.10 Å². The van der Waals surface area contributed by atoms with Crippen LogP contribution in [0.4, 0.5) is 0 Å². The molecule has 98 valence electrons. The van der Waals surface area contributed by atoms with Crippen molar-refractivity contribution in [3.8, 4) is 0 Å². The first-order valence-corrected chi connectivity index (χ1v) is 6.44. The van der Waals surface area contributed by atoms with Crippen LogP contribution in [0.2, 0.25) is 0 Å². The van der Waals surface area contributed by atoms with E-state index >= 15 is 0 Å². The van der Waals surface area contributed by atoms with E-state index in [1.807, 2.05) is 11.7 Å². The zero-order valence-corrected chi connectivity index (χ0v) is 11.7. The number of unbranched alkanes of at least 4 members (excludes halogenated alkanes) is 1. The van der Waals surface area contributed by atoms with Crippen LogP contribution in [-0.4, -0.2) is 41.4 Å². The second-order valence-corrected chi connectivity index (χ2v) is 4.82. The molecular weight excluding hydrogens is 212 g/mol. The molecule has 0 saturated heterocycles. The lowest BCUT2D eigenvalue weighted by Crippen LogP contribution is -2.23. The Morgan fingerprint density at radius 2 is 1.94 bits per heavy atom. The van der Waals surface area contributed by atoms with Crippen LogP contribution in [0.1, 0.15) is 29.8 Å². The molecule has 0 aliphatic rings. The highest BCUT2D eigenvalue weighted by Crippen LogP contribution is 2.12. The van der Waals surface area contributed by atoms with Crippen molar-refractivity contribution >= 4 is 0 Å². The number of hydrogen-bond donors (Lipinski definition) is 1. The molecule has 1 rings (SSSR count). The predicted octanol–water partition coefficient (Wildman–Crippen LogP) is 1.25. The fourth-order valence-electron chi connectivity index (χ4n) is 2.12. The Kier molecular flexibility index (Phi) is 5.65. The minimum atomic E-state index is 0.800. The van der Waals surface area contributed by atoms with Gasteiger partial charge in [0.25, 0.3) is 0 Å². The van der Waals surface area contributed by atoms with Gasteiger partial charge in [-0.1, -0.05) is 0 Å². The van der Waals surface area contributed by atoms with E-state index in [0.717, 1.165) is 32.5 Å². The van der Waals surface area contributed by atoms with E-state index < -0.39 is 0 Å². The molecule has 0 unspecified atom stereocenters. The summed E-state index contributed by atoms with van der Waals surface area (Å²) in [5, 5.41) is 4.45. The SMILES string of the molecule is Cc1nn(C)c(C)c1CCN(C)CCCCN. The molecule has 4 heteroatoms. The molecule has 1 aromatic heterocycles. The third-order valence-electron chi connectivity index (χ3n) is 3.40. The first kappa shape index (κ1) is 14.2. The highest BCUT2D eigenvalue weighted by atomic mass is 15.3. The lowest BCUT2D eigenvalue weighted by Gasteiger charge is -2.16. The second-order valence-electron chi connectivity index (χ2n) is 4.82. The van der Waals surface area contributed by atoms with E-state index in [1.54, 1.807) is 0 Å². The van der Waals surface area contributed by atoms with Gasteiger partial charge in [0.15, 0.2) is 0 Å². The summed E-state index contributed by atoms with van der Waals surface area (Å²) in [6.45, 7) is 7.27. The van der Waals surface area contributed by atoms with Crippen molar-refractivity contribution in [2.45, 2.75) is 33.1 Å². The summed E-state index contributed by atoms with van der Waals surface area (Å²) in [5.41, 5.74) is 9.35. The lowest BCUT2D eigenvalue weighted by molar-refractivity contribution is 0.330. The number of nitrogens with two attached hydrogens (primary N) is 1. The Morgan fingerprint density at radius 3 is 2.47 bits per heavy atom. The maximum Gasteiger partial charge on any atom is 0.0628 e. The van der Waals surface area contributed by atoms with Gasteiger partial charge >= 0.3 is 0 Å². The van der Waals surface area contributed by atoms with Crippen LogP contribution in [0.5, 0.6) is 0 Å². The maximum absolute atomic E-state index is 5.49. The first-order chi connectivity index (χ1) is 8.06. The largest absolute Gasteiger partial charge is 0.330 e. The van der Waals surface area contributed by atoms with E-state index in [-0.39, 0.29) is 0 Å². The van der Waals surface area contributed by atoms with Crippen LogP contribution in [0.3, 0.4) is 0 Å². The normalized spacial score (nSPS) is 11.4. The van der Waals surface area contributed by atoms with Gasteiger partial charge in [0, 0.05) is 19.3 Å². The molecular formula is C13H26N4. The molecule has 1 heterocycles. The molecule has 0 radical (unpaired) electrons. The van der Waals surface area contributed by atoms with Crippen LogP contribution in [0.15, 0.2) is 0 Å². The predicted molar refractivity (Wildman–Crippen MR) is 72.2 cm³/mol. The zero-order valence-electron chi connectivity index (χ0n) is 11.7. The molecule has 0 spiro atoms. The molecule has 0 fully saturated rings. The average molecular weight is 238 g/mol. The van der Waals surface area contributed by atoms with Crippen molar-refractivity contribution in [3.05, 3.63) is 17.0 Å². The Hall–Kier alpha value is -0.870. The van der Waals surface area contributed by atoms with Crippen molar-refractivity contribution < 1.29 is 0 Å². The van der Waals surface area contributed by atoms with E-state index in [0.29, 0.717) is 0 Å². The van der Waals surface area contributed by atoms with Crippen LogP contribution >= 0.6 is 0 Å². The summed E-state index contributed by atoms with van der Waals surface area (Å²) in [4.78, 5) is 2.38. The fourth-order valence-corrected chi connectivity index (χ4v) is 2.12. The molecule has 0 aliphatic heterocycles. The number of likely N-dealkylation sites (N-methyl/N-ethyl adjacent to an activating group) is 1. The molecule has 0 amide bonds. The summed E-state index contributed by atoms with van der Waals surface area (Å²) in [5.74, 6) is 0. The molecule has 17 heavy (non-hydrogen) atoms. The van der Waals surface area contributed by atoms with Crippen molar-refractivity contribution in [2.75, 3.05) is 26.7 Å². The molecule has 2 N–H and O–H groups in total. The standard InChI is InChI=1S/C13H26N4/c1-11-13(12(2)17(4)15-11)7-10-16(3)9-6-5-8-14/h5-10,14H2,1-4H3. The van der Waals surface area contributed by atoms with Crippen LogP contribution in [0, 0.1) is 13.8 Å². The number of rotatable bonds is 7. The molecule has 4 nitrogen and oxygen atoms in total. The van der Waals surface area contributed by atoms with Crippen molar-refractivity contribution in [3.63, 3.8) is 0 Å². The topological polar surface area (TPSA) is 47.1 Å². The van der Waals surface area contributed by atoms with E-state index in [1.165, 1.54) is 23.4 Å². The minimum absolute atomic E-state index is 0.800. The van der Waals surface area contributed by atoms with Gasteiger partial charge in [0.1, 0.15) is 0 Å². The molecule has 0 saturated carbocycles. The Labute approximate surface area is 105 Å². The van der Waals surface area contributed by atoms with Crippen molar-refractivity contribution in [1.29, 1.82) is 0 Å². The smallest absolute Gasteiger partial charge is 0.0628 e. The quantitative estimate of drug-likeness (QED) is 0.727. The van der Waals surface area contributed by atoms with E-state index in [9.17, 15) is 0 Å². The Balaban J connectivity index is 2.39. The zero-order chi connectivity index (χ0) is 12.8. The molecule has 0 atom stereocenters. The molecule has 0 bridgehead atoms. The number of aryl methyl sites for hydroxylation is 2. The Morgan fingerprint density at radius 1 is 1.24 bits per heavy atom. The van der Waals surface area contributed by atoms with E-state index in [2.05, 4.69) is 30.9 Å². The number of nitrogens with zero attached hydrogens (tertiary/aromatic N) is 3. The lowest BCUT2D eigenvalue weighted by atomic mass is 10.1. The summed E-state index contributed by atoms with van der Waals surface area (Å²) < 4.78 is 1.97. The molecule has 0 aromatic carbocycles. The van der Waals surface area contributed by atoms with E-state index in [4.69, 9.17) is 5.73 Å². The van der Waals surface area contributed by atoms with Crippen molar-refractivity contribution in [1.82, 2.24) is 14.7 Å². The number of hydrogen-bond acceptors (Lipinski definition) is 3. The second kappa shape index (κ2) is 6.77. The van der Waals surface area contributed by atoms with Crippen LogP contribution < -0.4 is 5.73 Å². The van der Waals surface area contributed by atoms with Crippen LogP contribution in [0.25, 0.3) is 0 Å². The summed E-state index contributed by atoms with van der Waals surface area (Å²) in [7, 11) is 4.19. The average Bonchev–Trinajstić information content (AvgIpc) is 2.51. The first-order valence-electron chi connectivity index (χ1n) is 6.44. The highest BCUT2D eigenvalue weighted by Gasteiger charge is 2.09. The van der Waals surface area contributed by atoms with Gasteiger partial charge in [-0.15, -0.1) is 0 Å². The van der Waals surface area contributed by atoms with Gasteiger partial charge in [0.05, 0.1) is 5.69 Å². The number of aromatic nitrogens is 2. The van der Waals surface area contributed by atoms with Crippen molar-refractivity contribution in [2.24, 2.45) is 12.8 Å². The maximum atomic E-state index is 5.49. The summed E-state index contributed by atoms with van der Waals surface area (Å²) >= 11 is 0. The third kappa shape index (κ3) is 4.13. The van der Waals surface area contributed by atoms with Gasteiger partial charge in [0.2, 0.25) is 0 Å². The van der Waals surface area contributed by atoms with Gasteiger partial charge in [-0.05, 0) is 58.8 Å². The van der Waals surface area contributed by atoms with Gasteiger partial charge < -0.3 is 10.6 Å². The minimum Gasteiger partial charge on any atom is -0.330 e. The van der Waals surface area contributed by atoms with Crippen LogP contribution in [-0.2, 0) is 13.5 Å². The summed E-state index contributed by atoms with van der Waals surface area (Å²) in [6.07, 6.45) is 3.40. The fraction of sp³-hybridized carbons (Fsp3) is 0.769. The van der Waals surface area contributed by atoms with Gasteiger partial charge in [-0.3, -0.25) is 4.68 Å². The summed E-state index contributed by atoms with van der Waals surface area (Å²) in [6, 6.07) is 0. The van der Waals surface area contributed by atoms with Gasteiger partial charge in [-0.25, -0.2) is 0 Å². The third-order valence-corrected chi connectivity index (χ3v) is 3.40. The highest BCUT2D eigenvalue weighted by molar-refractivity contribution is 5.24. The molecule has 1 aromatic rings. The monoisotopic (exact) mass is 238 g/mol. The molecule has 0 aliphatic carbocycles. The Bertz CT molecular complexity index is 343.